The second kappa shape index (κ2) is 6.24. The van der Waals surface area contributed by atoms with Crippen molar-refractivity contribution in [3.8, 4) is 11.5 Å². The van der Waals surface area contributed by atoms with Gasteiger partial charge >= 0.3 is 0 Å². The number of ether oxygens (including phenoxy) is 2. The second-order valence-corrected chi connectivity index (χ2v) is 6.22. The van der Waals surface area contributed by atoms with Gasteiger partial charge in [-0.3, -0.25) is 4.90 Å². The van der Waals surface area contributed by atoms with Gasteiger partial charge in [-0.05, 0) is 51.0 Å². The van der Waals surface area contributed by atoms with Crippen LogP contribution < -0.4 is 9.47 Å². The highest BCUT2D eigenvalue weighted by Gasteiger charge is 2.27. The lowest BCUT2D eigenvalue weighted by molar-refractivity contribution is 0.109. The first kappa shape index (κ1) is 14.7. The first-order valence-electron chi connectivity index (χ1n) is 7.87. The SMILES string of the molecule is COc1cc2c(c(OC)c1)CCN(C1CCN(C)CC1)C2. The van der Waals surface area contributed by atoms with E-state index in [0.717, 1.165) is 37.1 Å². The molecule has 2 aliphatic heterocycles. The molecule has 0 aromatic heterocycles. The van der Waals surface area contributed by atoms with Gasteiger partial charge in [0.05, 0.1) is 14.2 Å². The van der Waals surface area contributed by atoms with E-state index in [2.05, 4.69) is 22.9 Å². The van der Waals surface area contributed by atoms with Gasteiger partial charge in [-0.1, -0.05) is 0 Å². The zero-order valence-electron chi connectivity index (χ0n) is 13.4. The Hall–Kier alpha value is -1.26. The number of fused-ring (bicyclic) bond motifs is 1. The average Bonchev–Trinajstić information content (AvgIpc) is 2.53. The van der Waals surface area contributed by atoms with E-state index >= 15 is 0 Å². The normalized spacial score (nSPS) is 21.1. The van der Waals surface area contributed by atoms with Crippen LogP contribution in [0.15, 0.2) is 12.1 Å². The van der Waals surface area contributed by atoms with Crippen molar-refractivity contribution in [1.29, 1.82) is 0 Å². The fourth-order valence-corrected chi connectivity index (χ4v) is 3.62. The first-order valence-corrected chi connectivity index (χ1v) is 7.87. The van der Waals surface area contributed by atoms with Crippen molar-refractivity contribution in [2.75, 3.05) is 40.9 Å². The molecule has 116 valence electrons. The number of likely N-dealkylation sites (tertiary alicyclic amines) is 1. The smallest absolute Gasteiger partial charge is 0.126 e. The van der Waals surface area contributed by atoms with Crippen LogP contribution in [0.1, 0.15) is 24.0 Å². The van der Waals surface area contributed by atoms with Gasteiger partial charge in [0.2, 0.25) is 0 Å². The second-order valence-electron chi connectivity index (χ2n) is 6.22. The maximum atomic E-state index is 5.54. The summed E-state index contributed by atoms with van der Waals surface area (Å²) in [6.07, 6.45) is 3.65. The molecule has 0 atom stereocenters. The van der Waals surface area contributed by atoms with Crippen molar-refractivity contribution >= 4 is 0 Å². The Labute approximate surface area is 127 Å². The van der Waals surface area contributed by atoms with Gasteiger partial charge < -0.3 is 14.4 Å². The van der Waals surface area contributed by atoms with Crippen LogP contribution in [0.3, 0.4) is 0 Å². The Morgan fingerprint density at radius 2 is 1.81 bits per heavy atom. The molecule has 0 unspecified atom stereocenters. The van der Waals surface area contributed by atoms with Crippen LogP contribution in [0.4, 0.5) is 0 Å². The summed E-state index contributed by atoms with van der Waals surface area (Å²) in [6, 6.07) is 4.91. The third kappa shape index (κ3) is 3.01. The van der Waals surface area contributed by atoms with E-state index in [1.807, 2.05) is 6.07 Å². The Kier molecular flexibility index (Phi) is 4.36. The number of rotatable bonds is 3. The Balaban J connectivity index is 1.78. The Bertz CT molecular complexity index is 496. The van der Waals surface area contributed by atoms with Gasteiger partial charge in [-0.15, -0.1) is 0 Å². The molecule has 2 aliphatic rings. The van der Waals surface area contributed by atoms with Gasteiger partial charge in [-0.2, -0.15) is 0 Å². The molecule has 0 aliphatic carbocycles. The van der Waals surface area contributed by atoms with Crippen molar-refractivity contribution in [2.45, 2.75) is 31.8 Å². The van der Waals surface area contributed by atoms with E-state index in [1.165, 1.54) is 37.1 Å². The molecule has 1 fully saturated rings. The highest BCUT2D eigenvalue weighted by atomic mass is 16.5. The molecule has 3 rings (SSSR count). The molecule has 0 saturated carbocycles. The summed E-state index contributed by atoms with van der Waals surface area (Å²) in [5.41, 5.74) is 2.74. The molecular weight excluding hydrogens is 264 g/mol. The lowest BCUT2D eigenvalue weighted by Gasteiger charge is -2.40. The molecule has 21 heavy (non-hydrogen) atoms. The molecule has 4 nitrogen and oxygen atoms in total. The van der Waals surface area contributed by atoms with E-state index in [0.29, 0.717) is 0 Å². The minimum Gasteiger partial charge on any atom is -0.497 e. The number of nitrogens with zero attached hydrogens (tertiary/aromatic N) is 2. The summed E-state index contributed by atoms with van der Waals surface area (Å²) in [6.45, 7) is 4.60. The van der Waals surface area contributed by atoms with Crippen LogP contribution in [0.5, 0.6) is 11.5 Å². The predicted octanol–water partition coefficient (Wildman–Crippen LogP) is 2.16. The zero-order valence-corrected chi connectivity index (χ0v) is 13.4. The molecule has 4 heteroatoms. The maximum Gasteiger partial charge on any atom is 0.126 e. The largest absolute Gasteiger partial charge is 0.497 e. The number of piperidine rings is 1. The Morgan fingerprint density at radius 3 is 2.48 bits per heavy atom. The highest BCUT2D eigenvalue weighted by molar-refractivity contribution is 5.47. The highest BCUT2D eigenvalue weighted by Crippen LogP contribution is 2.34. The number of methoxy groups -OCH3 is 2. The van der Waals surface area contributed by atoms with Gasteiger partial charge in [0, 0.05) is 30.8 Å². The lowest BCUT2D eigenvalue weighted by atomic mass is 9.94. The van der Waals surface area contributed by atoms with Crippen LogP contribution in [0.2, 0.25) is 0 Å². The van der Waals surface area contributed by atoms with Crippen LogP contribution in [-0.4, -0.2) is 56.7 Å². The summed E-state index contributed by atoms with van der Waals surface area (Å²) < 4.78 is 11.0. The van der Waals surface area contributed by atoms with Crippen LogP contribution >= 0.6 is 0 Å². The summed E-state index contributed by atoms with van der Waals surface area (Å²) in [7, 11) is 5.69. The monoisotopic (exact) mass is 290 g/mol. The van der Waals surface area contributed by atoms with Crippen molar-refractivity contribution in [2.24, 2.45) is 0 Å². The zero-order chi connectivity index (χ0) is 14.8. The van der Waals surface area contributed by atoms with Crippen molar-refractivity contribution in [3.63, 3.8) is 0 Å². The van der Waals surface area contributed by atoms with Crippen molar-refractivity contribution < 1.29 is 9.47 Å². The van der Waals surface area contributed by atoms with Gasteiger partial charge in [-0.25, -0.2) is 0 Å². The van der Waals surface area contributed by atoms with Crippen molar-refractivity contribution in [1.82, 2.24) is 9.80 Å². The standard InChI is InChI=1S/C17H26N2O2/c1-18-7-4-14(5-8-18)19-9-6-16-13(12-19)10-15(20-2)11-17(16)21-3/h10-11,14H,4-9,12H2,1-3H3. The van der Waals surface area contributed by atoms with E-state index in [1.54, 1.807) is 14.2 Å². The lowest BCUT2D eigenvalue weighted by Crippen LogP contribution is -2.45. The summed E-state index contributed by atoms with van der Waals surface area (Å²) >= 11 is 0. The van der Waals surface area contributed by atoms with E-state index in [4.69, 9.17) is 9.47 Å². The van der Waals surface area contributed by atoms with Crippen LogP contribution in [-0.2, 0) is 13.0 Å². The topological polar surface area (TPSA) is 24.9 Å². The summed E-state index contributed by atoms with van der Waals surface area (Å²) in [5.74, 6) is 1.88. The average molecular weight is 290 g/mol. The third-order valence-electron chi connectivity index (χ3n) is 4.96. The van der Waals surface area contributed by atoms with Gasteiger partial charge in [0.1, 0.15) is 11.5 Å². The van der Waals surface area contributed by atoms with Gasteiger partial charge in [0.25, 0.3) is 0 Å². The maximum absolute atomic E-state index is 5.54. The van der Waals surface area contributed by atoms with E-state index in [-0.39, 0.29) is 0 Å². The van der Waals surface area contributed by atoms with Crippen LogP contribution in [0, 0.1) is 0 Å². The molecule has 1 saturated heterocycles. The molecule has 1 aromatic rings. The molecule has 0 bridgehead atoms. The summed E-state index contributed by atoms with van der Waals surface area (Å²) in [4.78, 5) is 5.08. The molecule has 0 spiro atoms. The third-order valence-corrected chi connectivity index (χ3v) is 4.96. The molecule has 0 radical (unpaired) electrons. The molecule has 2 heterocycles. The first-order chi connectivity index (χ1) is 10.2. The van der Waals surface area contributed by atoms with Crippen LogP contribution in [0.25, 0.3) is 0 Å². The fraction of sp³-hybridized carbons (Fsp3) is 0.647. The molecule has 1 aromatic carbocycles. The van der Waals surface area contributed by atoms with Gasteiger partial charge in [0.15, 0.2) is 0 Å². The predicted molar refractivity (Wildman–Crippen MR) is 84.2 cm³/mol. The number of benzene rings is 1. The quantitative estimate of drug-likeness (QED) is 0.851. The number of hydrogen-bond donors (Lipinski definition) is 0. The molecule has 0 N–H and O–H groups in total. The number of hydrogen-bond acceptors (Lipinski definition) is 4. The molecular formula is C17H26N2O2. The minimum atomic E-state index is 0.728. The summed E-state index contributed by atoms with van der Waals surface area (Å²) in [5, 5.41) is 0. The van der Waals surface area contributed by atoms with E-state index in [9.17, 15) is 0 Å². The Morgan fingerprint density at radius 1 is 1.05 bits per heavy atom. The van der Waals surface area contributed by atoms with E-state index < -0.39 is 0 Å². The fourth-order valence-electron chi connectivity index (χ4n) is 3.62. The van der Waals surface area contributed by atoms with Crippen molar-refractivity contribution in [3.05, 3.63) is 23.3 Å². The minimum absolute atomic E-state index is 0.728. The molecule has 0 amide bonds.